The van der Waals surface area contributed by atoms with Gasteiger partial charge in [0.25, 0.3) is 0 Å². The lowest BCUT2D eigenvalue weighted by Crippen LogP contribution is -2.39. The molecular formula is C23H19ClFN9O. The molecule has 0 spiro atoms. The van der Waals surface area contributed by atoms with Gasteiger partial charge in [-0.25, -0.2) is 14.4 Å². The van der Waals surface area contributed by atoms with Crippen molar-refractivity contribution in [3.63, 3.8) is 0 Å². The molecule has 12 heteroatoms. The van der Waals surface area contributed by atoms with Crippen molar-refractivity contribution in [1.82, 2.24) is 40.1 Å². The number of amides is 1. The molecule has 1 saturated heterocycles. The minimum atomic E-state index is -0.603. The molecule has 5 heterocycles. The third-order valence-electron chi connectivity index (χ3n) is 6.50. The Morgan fingerprint density at radius 1 is 1.20 bits per heavy atom. The number of halogens is 2. The number of benzene rings is 1. The maximum absolute atomic E-state index is 15.2. The fraction of sp³-hybridized carbons (Fsp3) is 0.217. The molecule has 1 amide bonds. The number of nitrogens with two attached hydrogens (primary N) is 1. The number of nitrogens with one attached hydrogen (secondary N) is 1. The number of H-pyrrole nitrogens is 1. The Kier molecular flexibility index (Phi) is 5.06. The molecule has 0 unspecified atom stereocenters. The Labute approximate surface area is 203 Å². The maximum atomic E-state index is 15.2. The van der Waals surface area contributed by atoms with Crippen LogP contribution in [0, 0.1) is 5.82 Å². The average molecular weight is 492 g/mol. The minimum Gasteiger partial charge on any atom is -0.384 e. The lowest BCUT2D eigenvalue weighted by Gasteiger charge is -2.33. The predicted octanol–water partition coefficient (Wildman–Crippen LogP) is 3.34. The SMILES string of the molecule is Nc1cc(-c2cnc([C@@H]3CC[C@@H]4CC(c5c(-n6cnnn6)ccc(Cl)c5F)=CC(=O)N43)[nH]2)ccn1. The van der Waals surface area contributed by atoms with Gasteiger partial charge in [0.05, 0.1) is 28.6 Å². The standard InChI is InChI=1S/C23H19ClFN9O/c24-15-2-4-17(33-11-29-31-32-33)21(22(15)25)13-7-14-1-3-18(34(14)20(35)9-13)23-28-10-16(30-23)12-5-6-27-19(26)8-12/h2,4-6,8-11,14,18H,1,3,7H2,(H2,26,27)(H,28,30)/t14-,18+/m1/s1. The highest BCUT2D eigenvalue weighted by Crippen LogP contribution is 2.44. The van der Waals surface area contributed by atoms with Gasteiger partial charge in [0.15, 0.2) is 5.82 Å². The van der Waals surface area contributed by atoms with E-state index in [2.05, 4.69) is 30.5 Å². The summed E-state index contributed by atoms with van der Waals surface area (Å²) in [6.45, 7) is 0. The number of rotatable bonds is 4. The molecule has 4 aromatic rings. The van der Waals surface area contributed by atoms with Crippen molar-refractivity contribution >= 4 is 28.9 Å². The molecule has 6 rings (SSSR count). The number of nitrogen functional groups attached to an aromatic ring is 1. The van der Waals surface area contributed by atoms with E-state index in [1.807, 2.05) is 11.0 Å². The van der Waals surface area contributed by atoms with E-state index in [0.29, 0.717) is 29.3 Å². The van der Waals surface area contributed by atoms with Gasteiger partial charge in [-0.1, -0.05) is 11.6 Å². The van der Waals surface area contributed by atoms with E-state index in [-0.39, 0.29) is 28.6 Å². The molecule has 10 nitrogen and oxygen atoms in total. The van der Waals surface area contributed by atoms with E-state index >= 15 is 4.39 Å². The van der Waals surface area contributed by atoms with Crippen LogP contribution in [0.25, 0.3) is 22.5 Å². The van der Waals surface area contributed by atoms with Crippen LogP contribution in [0.2, 0.25) is 5.02 Å². The third-order valence-corrected chi connectivity index (χ3v) is 6.80. The van der Waals surface area contributed by atoms with Gasteiger partial charge >= 0.3 is 0 Å². The number of pyridine rings is 1. The molecule has 2 aliphatic rings. The van der Waals surface area contributed by atoms with E-state index in [1.54, 1.807) is 24.5 Å². The molecule has 2 atom stereocenters. The van der Waals surface area contributed by atoms with Crippen LogP contribution in [0.15, 0.2) is 49.1 Å². The Morgan fingerprint density at radius 2 is 2.09 bits per heavy atom. The van der Waals surface area contributed by atoms with Crippen molar-refractivity contribution in [1.29, 1.82) is 0 Å². The molecule has 1 fully saturated rings. The fourth-order valence-electron chi connectivity index (χ4n) is 4.97. The summed E-state index contributed by atoms with van der Waals surface area (Å²) in [6, 6.07) is 6.39. The Hall–Kier alpha value is -4.12. The summed E-state index contributed by atoms with van der Waals surface area (Å²) in [5, 5.41) is 11.1. The molecule has 1 aromatic carbocycles. The van der Waals surface area contributed by atoms with Gasteiger partial charge in [-0.3, -0.25) is 4.79 Å². The molecule has 0 aliphatic carbocycles. The van der Waals surface area contributed by atoms with E-state index in [1.165, 1.54) is 23.2 Å². The van der Waals surface area contributed by atoms with Crippen LogP contribution in [0.3, 0.4) is 0 Å². The van der Waals surface area contributed by atoms with Crippen molar-refractivity contribution in [2.45, 2.75) is 31.3 Å². The number of aromatic amines is 1. The highest BCUT2D eigenvalue weighted by molar-refractivity contribution is 6.31. The van der Waals surface area contributed by atoms with E-state index in [4.69, 9.17) is 17.3 Å². The number of imidazole rings is 1. The van der Waals surface area contributed by atoms with Crippen molar-refractivity contribution < 1.29 is 9.18 Å². The number of aromatic nitrogens is 7. The molecule has 2 aliphatic heterocycles. The zero-order valence-corrected chi connectivity index (χ0v) is 19.0. The van der Waals surface area contributed by atoms with Gasteiger partial charge in [-0.2, -0.15) is 4.68 Å². The van der Waals surface area contributed by atoms with Crippen molar-refractivity contribution in [3.8, 4) is 16.9 Å². The van der Waals surface area contributed by atoms with E-state index in [9.17, 15) is 4.79 Å². The lowest BCUT2D eigenvalue weighted by atomic mass is 9.92. The third kappa shape index (κ3) is 3.64. The predicted molar refractivity (Wildman–Crippen MR) is 126 cm³/mol. The summed E-state index contributed by atoms with van der Waals surface area (Å²) >= 11 is 6.10. The molecule has 0 saturated carbocycles. The Morgan fingerprint density at radius 3 is 2.89 bits per heavy atom. The van der Waals surface area contributed by atoms with Gasteiger partial charge in [0.2, 0.25) is 5.91 Å². The lowest BCUT2D eigenvalue weighted by molar-refractivity contribution is -0.129. The topological polar surface area (TPSA) is 132 Å². The fourth-order valence-corrected chi connectivity index (χ4v) is 5.13. The van der Waals surface area contributed by atoms with Crippen LogP contribution in [0.1, 0.15) is 36.7 Å². The number of tetrazole rings is 1. The normalized spacial score (nSPS) is 19.7. The summed E-state index contributed by atoms with van der Waals surface area (Å²) < 4.78 is 16.6. The number of carbonyl (C=O) groups excluding carboxylic acids is 1. The first-order valence-electron chi connectivity index (χ1n) is 11.0. The molecule has 176 valence electrons. The summed E-state index contributed by atoms with van der Waals surface area (Å²) in [5.41, 5.74) is 8.68. The quantitative estimate of drug-likeness (QED) is 0.447. The van der Waals surface area contributed by atoms with Gasteiger partial charge in [-0.15, -0.1) is 5.10 Å². The first kappa shape index (κ1) is 21.4. The van der Waals surface area contributed by atoms with Gasteiger partial charge in [0.1, 0.15) is 18.0 Å². The first-order chi connectivity index (χ1) is 17.0. The number of anilines is 1. The number of carbonyl (C=O) groups is 1. The van der Waals surface area contributed by atoms with E-state index < -0.39 is 5.82 Å². The van der Waals surface area contributed by atoms with Gasteiger partial charge < -0.3 is 15.6 Å². The molecule has 35 heavy (non-hydrogen) atoms. The largest absolute Gasteiger partial charge is 0.384 e. The second kappa shape index (κ2) is 8.27. The smallest absolute Gasteiger partial charge is 0.247 e. The van der Waals surface area contributed by atoms with Crippen LogP contribution in [-0.2, 0) is 4.79 Å². The maximum Gasteiger partial charge on any atom is 0.247 e. The second-order valence-electron chi connectivity index (χ2n) is 8.53. The summed E-state index contributed by atoms with van der Waals surface area (Å²) in [5.74, 6) is 0.310. The van der Waals surface area contributed by atoms with Crippen molar-refractivity contribution in [2.75, 3.05) is 5.73 Å². The summed E-state index contributed by atoms with van der Waals surface area (Å²) in [7, 11) is 0. The summed E-state index contributed by atoms with van der Waals surface area (Å²) in [6.07, 6.45) is 8.19. The average Bonchev–Trinajstić information content (AvgIpc) is 3.61. The first-order valence-corrected chi connectivity index (χ1v) is 11.4. The van der Waals surface area contributed by atoms with Gasteiger partial charge in [-0.05, 0) is 59.5 Å². The zero-order chi connectivity index (χ0) is 24.1. The van der Waals surface area contributed by atoms with Crippen molar-refractivity contribution in [3.05, 3.63) is 71.3 Å². The summed E-state index contributed by atoms with van der Waals surface area (Å²) in [4.78, 5) is 27.1. The highest BCUT2D eigenvalue weighted by Gasteiger charge is 2.42. The van der Waals surface area contributed by atoms with Crippen LogP contribution in [-0.4, -0.2) is 52.0 Å². The molecule has 3 N–H and O–H groups in total. The Bertz CT molecular complexity index is 1470. The zero-order valence-electron chi connectivity index (χ0n) is 18.3. The number of hydrogen-bond donors (Lipinski definition) is 2. The monoisotopic (exact) mass is 491 g/mol. The van der Waals surface area contributed by atoms with E-state index in [0.717, 1.165) is 24.1 Å². The van der Waals surface area contributed by atoms with Crippen molar-refractivity contribution in [2.24, 2.45) is 0 Å². The Balaban J connectivity index is 1.33. The molecule has 0 bridgehead atoms. The second-order valence-corrected chi connectivity index (χ2v) is 8.93. The minimum absolute atomic E-state index is 0.0308. The van der Waals surface area contributed by atoms with Crippen LogP contribution in [0.5, 0.6) is 0 Å². The molecule has 0 radical (unpaired) electrons. The van der Waals surface area contributed by atoms with Crippen LogP contribution >= 0.6 is 11.6 Å². The molecule has 3 aromatic heterocycles. The number of hydrogen-bond acceptors (Lipinski definition) is 7. The molecular weight excluding hydrogens is 473 g/mol. The van der Waals surface area contributed by atoms with Gasteiger partial charge in [0, 0.05) is 29.4 Å². The number of nitrogens with zero attached hydrogens (tertiary/aromatic N) is 7. The van der Waals surface area contributed by atoms with Crippen LogP contribution in [0.4, 0.5) is 10.2 Å². The highest BCUT2D eigenvalue weighted by atomic mass is 35.5. The van der Waals surface area contributed by atoms with Crippen LogP contribution < -0.4 is 5.73 Å². The number of fused-ring (bicyclic) bond motifs is 1.